The van der Waals surface area contributed by atoms with Crippen molar-refractivity contribution in [2.24, 2.45) is 0 Å². The first kappa shape index (κ1) is 12.7. The smallest absolute Gasteiger partial charge is 0.123 e. The summed E-state index contributed by atoms with van der Waals surface area (Å²) < 4.78 is 6.03. The third kappa shape index (κ3) is 2.55. The quantitative estimate of drug-likeness (QED) is 0.746. The SMILES string of the molecule is CCc1ccc(C(Br)C2Cc3ccccc3O2)cc1. The molecule has 0 fully saturated rings. The lowest BCUT2D eigenvalue weighted by molar-refractivity contribution is 0.232. The van der Waals surface area contributed by atoms with Crippen molar-refractivity contribution < 1.29 is 4.74 Å². The van der Waals surface area contributed by atoms with Crippen LogP contribution in [0.2, 0.25) is 0 Å². The fraction of sp³-hybridized carbons (Fsp3) is 0.294. The molecule has 2 atom stereocenters. The average Bonchev–Trinajstić information content (AvgIpc) is 2.90. The van der Waals surface area contributed by atoms with Crippen molar-refractivity contribution in [1.29, 1.82) is 0 Å². The first-order valence-corrected chi connectivity index (χ1v) is 7.67. The van der Waals surface area contributed by atoms with Gasteiger partial charge in [0.05, 0.1) is 4.83 Å². The second-order valence-corrected chi connectivity index (χ2v) is 5.95. The molecule has 0 saturated carbocycles. The number of alkyl halides is 1. The minimum atomic E-state index is 0.185. The van der Waals surface area contributed by atoms with E-state index < -0.39 is 0 Å². The molecule has 1 heterocycles. The fourth-order valence-corrected chi connectivity index (χ4v) is 3.12. The highest BCUT2D eigenvalue weighted by Crippen LogP contribution is 2.38. The van der Waals surface area contributed by atoms with E-state index in [9.17, 15) is 0 Å². The van der Waals surface area contributed by atoms with Crippen molar-refractivity contribution in [1.82, 2.24) is 0 Å². The molecule has 0 aromatic heterocycles. The molecule has 0 bridgehead atoms. The van der Waals surface area contributed by atoms with Gasteiger partial charge < -0.3 is 4.74 Å². The van der Waals surface area contributed by atoms with Crippen molar-refractivity contribution in [3.05, 3.63) is 65.2 Å². The molecule has 2 unspecified atom stereocenters. The van der Waals surface area contributed by atoms with E-state index in [1.165, 1.54) is 16.7 Å². The van der Waals surface area contributed by atoms with E-state index in [1.54, 1.807) is 0 Å². The van der Waals surface area contributed by atoms with E-state index in [0.717, 1.165) is 18.6 Å². The Labute approximate surface area is 122 Å². The summed E-state index contributed by atoms with van der Waals surface area (Å²) >= 11 is 3.79. The molecule has 1 aliphatic heterocycles. The molecule has 1 aliphatic rings. The van der Waals surface area contributed by atoms with Crippen LogP contribution in [-0.2, 0) is 12.8 Å². The van der Waals surface area contributed by atoms with Crippen LogP contribution in [-0.4, -0.2) is 6.10 Å². The third-order valence-electron chi connectivity index (χ3n) is 3.70. The second-order valence-electron chi connectivity index (χ2n) is 4.97. The number of ether oxygens (including phenoxy) is 1. The number of benzene rings is 2. The Kier molecular flexibility index (Phi) is 3.61. The maximum absolute atomic E-state index is 6.03. The Morgan fingerprint density at radius 3 is 2.58 bits per heavy atom. The third-order valence-corrected chi connectivity index (χ3v) is 4.82. The van der Waals surface area contributed by atoms with E-state index in [4.69, 9.17) is 4.74 Å². The highest BCUT2D eigenvalue weighted by molar-refractivity contribution is 9.09. The average molecular weight is 317 g/mol. The van der Waals surface area contributed by atoms with Gasteiger partial charge in [-0.05, 0) is 29.2 Å². The second kappa shape index (κ2) is 5.38. The molecule has 2 aromatic carbocycles. The van der Waals surface area contributed by atoms with Crippen molar-refractivity contribution in [3.8, 4) is 5.75 Å². The highest BCUT2D eigenvalue weighted by Gasteiger charge is 2.29. The van der Waals surface area contributed by atoms with Gasteiger partial charge in [0.2, 0.25) is 0 Å². The molecule has 0 aliphatic carbocycles. The van der Waals surface area contributed by atoms with Gasteiger partial charge in [0.25, 0.3) is 0 Å². The Bertz CT molecular complexity index is 537. The number of fused-ring (bicyclic) bond motifs is 1. The Morgan fingerprint density at radius 2 is 1.89 bits per heavy atom. The fourth-order valence-electron chi connectivity index (χ4n) is 2.52. The zero-order valence-corrected chi connectivity index (χ0v) is 12.6. The topological polar surface area (TPSA) is 9.23 Å². The number of hydrogen-bond donors (Lipinski definition) is 0. The van der Waals surface area contributed by atoms with E-state index in [-0.39, 0.29) is 10.9 Å². The number of hydrogen-bond acceptors (Lipinski definition) is 1. The molecule has 98 valence electrons. The molecular weight excluding hydrogens is 300 g/mol. The summed E-state index contributed by atoms with van der Waals surface area (Å²) in [5, 5.41) is 0. The van der Waals surface area contributed by atoms with Gasteiger partial charge in [-0.15, -0.1) is 0 Å². The van der Waals surface area contributed by atoms with Crippen LogP contribution in [0.4, 0.5) is 0 Å². The van der Waals surface area contributed by atoms with E-state index >= 15 is 0 Å². The minimum absolute atomic E-state index is 0.185. The molecule has 0 spiro atoms. The Balaban J connectivity index is 1.77. The lowest BCUT2D eigenvalue weighted by atomic mass is 10.0. The summed E-state index contributed by atoms with van der Waals surface area (Å²) in [4.78, 5) is 0.241. The maximum atomic E-state index is 6.03. The molecule has 3 rings (SSSR count). The molecule has 0 radical (unpaired) electrons. The van der Waals surface area contributed by atoms with Crippen molar-refractivity contribution >= 4 is 15.9 Å². The summed E-state index contributed by atoms with van der Waals surface area (Å²) in [5.74, 6) is 1.03. The van der Waals surface area contributed by atoms with Crippen LogP contribution in [0.1, 0.15) is 28.4 Å². The molecule has 0 amide bonds. The number of rotatable bonds is 3. The van der Waals surface area contributed by atoms with Gasteiger partial charge in [-0.1, -0.05) is 65.3 Å². The number of para-hydroxylation sites is 1. The lowest BCUT2D eigenvalue weighted by Crippen LogP contribution is -2.19. The first-order valence-electron chi connectivity index (χ1n) is 6.75. The molecule has 19 heavy (non-hydrogen) atoms. The summed E-state index contributed by atoms with van der Waals surface area (Å²) in [6.45, 7) is 2.18. The van der Waals surface area contributed by atoms with E-state index in [0.29, 0.717) is 0 Å². The molecule has 2 aromatic rings. The summed E-state index contributed by atoms with van der Waals surface area (Å²) in [6, 6.07) is 17.1. The van der Waals surface area contributed by atoms with Crippen LogP contribution in [0.25, 0.3) is 0 Å². The maximum Gasteiger partial charge on any atom is 0.123 e. The first-order chi connectivity index (χ1) is 9.28. The molecule has 0 N–H and O–H groups in total. The van der Waals surface area contributed by atoms with Gasteiger partial charge in [0, 0.05) is 6.42 Å². The van der Waals surface area contributed by atoms with Crippen LogP contribution in [0.3, 0.4) is 0 Å². The Hall–Kier alpha value is -1.28. The summed E-state index contributed by atoms with van der Waals surface area (Å²) in [6.07, 6.45) is 2.24. The minimum Gasteiger partial charge on any atom is -0.488 e. The lowest BCUT2D eigenvalue weighted by Gasteiger charge is -2.18. The van der Waals surface area contributed by atoms with E-state index in [1.807, 2.05) is 6.07 Å². The number of aryl methyl sites for hydroxylation is 1. The van der Waals surface area contributed by atoms with Crippen molar-refractivity contribution in [2.45, 2.75) is 30.7 Å². The van der Waals surface area contributed by atoms with Crippen LogP contribution < -0.4 is 4.74 Å². The van der Waals surface area contributed by atoms with Gasteiger partial charge in [0.15, 0.2) is 0 Å². The van der Waals surface area contributed by atoms with Crippen molar-refractivity contribution in [3.63, 3.8) is 0 Å². The van der Waals surface area contributed by atoms with Crippen LogP contribution in [0.15, 0.2) is 48.5 Å². The molecular formula is C17H17BrO. The number of halogens is 1. The zero-order chi connectivity index (χ0) is 13.2. The van der Waals surface area contributed by atoms with Crippen LogP contribution in [0.5, 0.6) is 5.75 Å². The predicted molar refractivity (Wildman–Crippen MR) is 82.1 cm³/mol. The predicted octanol–water partition coefficient (Wildman–Crippen LogP) is 4.69. The normalized spacial score (nSPS) is 18.7. The van der Waals surface area contributed by atoms with Gasteiger partial charge in [0.1, 0.15) is 11.9 Å². The van der Waals surface area contributed by atoms with Gasteiger partial charge in [-0.25, -0.2) is 0 Å². The van der Waals surface area contributed by atoms with Gasteiger partial charge in [-0.3, -0.25) is 0 Å². The highest BCUT2D eigenvalue weighted by atomic mass is 79.9. The monoisotopic (exact) mass is 316 g/mol. The largest absolute Gasteiger partial charge is 0.488 e. The zero-order valence-electron chi connectivity index (χ0n) is 11.0. The molecule has 0 saturated heterocycles. The van der Waals surface area contributed by atoms with Crippen LogP contribution >= 0.6 is 15.9 Å². The Morgan fingerprint density at radius 1 is 1.16 bits per heavy atom. The van der Waals surface area contributed by atoms with E-state index in [2.05, 4.69) is 65.3 Å². The summed E-state index contributed by atoms with van der Waals surface area (Å²) in [7, 11) is 0. The standard InChI is InChI=1S/C17H17BrO/c1-2-12-7-9-13(10-8-12)17(18)16-11-14-5-3-4-6-15(14)19-16/h3-10,16-17H,2,11H2,1H3. The van der Waals surface area contributed by atoms with Crippen molar-refractivity contribution in [2.75, 3.05) is 0 Å². The molecule has 1 nitrogen and oxygen atoms in total. The summed E-state index contributed by atoms with van der Waals surface area (Å²) in [5.41, 5.74) is 3.97. The van der Waals surface area contributed by atoms with Gasteiger partial charge in [-0.2, -0.15) is 0 Å². The molecule has 2 heteroatoms. The van der Waals surface area contributed by atoms with Gasteiger partial charge >= 0.3 is 0 Å². The van der Waals surface area contributed by atoms with Crippen LogP contribution in [0, 0.1) is 0 Å².